The first-order valence-electron chi connectivity index (χ1n) is 43.5. The lowest BCUT2D eigenvalue weighted by Crippen LogP contribution is -2.27. The van der Waals surface area contributed by atoms with E-state index < -0.39 is 52.2 Å². The van der Waals surface area contributed by atoms with Gasteiger partial charge in [0.25, 0.3) is 0 Å². The van der Waals surface area contributed by atoms with E-state index in [4.69, 9.17) is 37.9 Å². The van der Waals surface area contributed by atoms with Gasteiger partial charge in [-0.15, -0.1) is 0 Å². The van der Waals surface area contributed by atoms with Crippen LogP contribution in [0.3, 0.4) is 0 Å². The highest BCUT2D eigenvalue weighted by Gasteiger charge is 2.47. The summed E-state index contributed by atoms with van der Waals surface area (Å²) < 4.78 is 131. The van der Waals surface area contributed by atoms with Crippen LogP contribution < -0.4 is 80.3 Å². The zero-order valence-corrected chi connectivity index (χ0v) is 72.9. The standard InChI is InChI=1S/C104H108O12P4/c1-5-9-21-57-81-85-61-87-82(58-22-10-6-2)89-63-91-84(60-24-12-8-4)92-64-90-83(59-23-11-7-3)88-62-86(81)98-94(66-118(106,75-45-29-15-30-46-75)76-47-31-16-32-48-76)100(88)112-71-114-102(90)96(68-120(108,79-53-37-19-38-54-79)80-55-39-20-40-56-80)104(92)116-72-115-103(91)95(67-119(107,77-49-33-17-34-50-77)78-51-35-18-36-52-78)101(89)113-70-111-99(87)93(97(85)109-69-110-98)65-117(105,73-41-25-13-26-42-73)74-43-27-14-28-44-74/h13-20,25-56,61-64,81-84H,5-12,21-24,57-60,65-72H2,1-4H3. The minimum Gasteiger partial charge on any atom is -0.457 e. The summed E-state index contributed by atoms with van der Waals surface area (Å²) in [5.74, 6) is 2.19. The van der Waals surface area contributed by atoms with E-state index in [0.29, 0.717) is 136 Å². The molecule has 0 amide bonds. The molecule has 0 radical (unpaired) electrons. The van der Waals surface area contributed by atoms with Crippen LogP contribution in [-0.4, -0.2) is 27.2 Å². The van der Waals surface area contributed by atoms with Crippen LogP contribution in [0, 0.1) is 0 Å². The summed E-state index contributed by atoms with van der Waals surface area (Å²) in [4.78, 5) is 0. The van der Waals surface area contributed by atoms with E-state index in [1.807, 2.05) is 243 Å². The van der Waals surface area contributed by atoms with Gasteiger partial charge >= 0.3 is 0 Å². The van der Waals surface area contributed by atoms with E-state index in [2.05, 4.69) is 52.0 Å². The Morgan fingerprint density at radius 3 is 0.492 bits per heavy atom. The molecule has 0 N–H and O–H groups in total. The average molecular weight is 1670 g/mol. The molecular weight excluding hydrogens is 1570 g/mol. The fraction of sp³-hybridized carbons (Fsp3) is 0.308. The molecule has 0 fully saturated rings. The van der Waals surface area contributed by atoms with Gasteiger partial charge in [-0.05, 0) is 49.9 Å². The third-order valence-electron chi connectivity index (χ3n) is 25.5. The fourth-order valence-electron chi connectivity index (χ4n) is 19.5. The molecule has 1 aliphatic carbocycles. The van der Waals surface area contributed by atoms with Crippen LogP contribution in [0.4, 0.5) is 0 Å². The van der Waals surface area contributed by atoms with E-state index in [0.717, 1.165) is 122 Å². The molecule has 17 rings (SSSR count). The molecule has 4 heterocycles. The Bertz CT molecular complexity index is 4790. The molecule has 0 saturated heterocycles. The summed E-state index contributed by atoms with van der Waals surface area (Å²) in [7, 11) is -14.9. The van der Waals surface area contributed by atoms with Gasteiger partial charge in [0, 0.05) is 158 Å². The quantitative estimate of drug-likeness (QED) is 0.0293. The maximum atomic E-state index is 17.6. The number of benzene rings is 12. The van der Waals surface area contributed by atoms with Crippen molar-refractivity contribution in [1.82, 2.24) is 0 Å². The maximum Gasteiger partial charge on any atom is 0.230 e. The Hall–Kier alpha value is -10.0. The number of unbranched alkanes of at least 4 members (excludes halogenated alkanes) is 8. The van der Waals surface area contributed by atoms with Gasteiger partial charge in [-0.25, -0.2) is 0 Å². The van der Waals surface area contributed by atoms with Crippen molar-refractivity contribution in [3.8, 4) is 46.0 Å². The summed E-state index contributed by atoms with van der Waals surface area (Å²) in [5.41, 5.74) is 9.71. The van der Waals surface area contributed by atoms with Crippen LogP contribution in [-0.2, 0) is 42.9 Å². The summed E-state index contributed by atoms with van der Waals surface area (Å²) in [6, 6.07) is 88.6. The van der Waals surface area contributed by atoms with E-state index in [1.165, 1.54) is 0 Å². The predicted molar refractivity (Wildman–Crippen MR) is 488 cm³/mol. The molecule has 0 unspecified atom stereocenters. The molecule has 12 aromatic rings. The van der Waals surface area contributed by atoms with Crippen molar-refractivity contribution in [2.24, 2.45) is 0 Å². The van der Waals surface area contributed by atoms with Gasteiger partial charge in [-0.2, -0.15) is 0 Å². The van der Waals surface area contributed by atoms with Crippen LogP contribution in [0.25, 0.3) is 0 Å². The normalized spacial score (nSPS) is 16.4. The van der Waals surface area contributed by atoms with Crippen LogP contribution in [0.15, 0.2) is 267 Å². The Morgan fingerprint density at radius 2 is 0.358 bits per heavy atom. The average Bonchev–Trinajstić information content (AvgIpc) is 0.708. The zero-order valence-electron chi connectivity index (χ0n) is 69.4. The van der Waals surface area contributed by atoms with Gasteiger partial charge in [0.2, 0.25) is 27.2 Å². The first-order chi connectivity index (χ1) is 58.9. The monoisotopic (exact) mass is 1670 g/mol. The second kappa shape index (κ2) is 36.7. The van der Waals surface area contributed by atoms with Crippen molar-refractivity contribution >= 4 is 71.0 Å². The minimum absolute atomic E-state index is 0.000157. The summed E-state index contributed by atoms with van der Waals surface area (Å²) in [5, 5.41) is 5.51. The number of ether oxygens (including phenoxy) is 8. The van der Waals surface area contributed by atoms with Crippen molar-refractivity contribution < 1.29 is 56.2 Å². The van der Waals surface area contributed by atoms with Gasteiger partial charge in [0.05, 0.1) is 0 Å². The predicted octanol–water partition coefficient (Wildman–Crippen LogP) is 23.8. The number of hydrogen-bond donors (Lipinski definition) is 0. The smallest absolute Gasteiger partial charge is 0.230 e. The largest absolute Gasteiger partial charge is 0.457 e. The second-order valence-electron chi connectivity index (χ2n) is 32.9. The van der Waals surface area contributed by atoms with Crippen molar-refractivity contribution in [3.63, 3.8) is 0 Å². The van der Waals surface area contributed by atoms with Gasteiger partial charge in [-0.3, -0.25) is 0 Å². The lowest BCUT2D eigenvalue weighted by molar-refractivity contribution is 0.0951. The molecule has 8 bridgehead atoms. The van der Waals surface area contributed by atoms with Crippen LogP contribution in [0.1, 0.15) is 221 Å². The van der Waals surface area contributed by atoms with Crippen LogP contribution in [0.2, 0.25) is 0 Å². The Balaban J connectivity index is 1.07. The summed E-state index contributed by atoms with van der Waals surface area (Å²) in [6.45, 7) is 7.73. The number of rotatable bonds is 32. The molecule has 0 aromatic heterocycles. The van der Waals surface area contributed by atoms with Crippen LogP contribution >= 0.6 is 28.6 Å². The Morgan fingerprint density at radius 1 is 0.217 bits per heavy atom. The van der Waals surface area contributed by atoms with Crippen molar-refractivity contribution in [1.29, 1.82) is 0 Å². The first kappa shape index (κ1) is 82.3. The van der Waals surface area contributed by atoms with Crippen LogP contribution in [0.5, 0.6) is 46.0 Å². The minimum atomic E-state index is -3.74. The Labute approximate surface area is 708 Å². The molecule has 16 heteroatoms. The van der Waals surface area contributed by atoms with Crippen molar-refractivity contribution in [2.45, 2.75) is 179 Å². The molecule has 120 heavy (non-hydrogen) atoms. The highest BCUT2D eigenvalue weighted by molar-refractivity contribution is 7.79. The first-order valence-corrected chi connectivity index (χ1v) is 51.1. The molecule has 12 nitrogen and oxygen atoms in total. The molecule has 0 atom stereocenters. The lowest BCUT2D eigenvalue weighted by atomic mass is 9.74. The van der Waals surface area contributed by atoms with E-state index in [9.17, 15) is 0 Å². The molecule has 4 aliphatic heterocycles. The van der Waals surface area contributed by atoms with Gasteiger partial charge in [0.1, 0.15) is 74.6 Å². The molecular formula is C104H108O12P4. The summed E-state index contributed by atoms with van der Waals surface area (Å²) in [6.07, 6.45) is 13.0. The fourth-order valence-corrected chi connectivity index (χ4v) is 30.3. The zero-order chi connectivity index (χ0) is 82.2. The summed E-state index contributed by atoms with van der Waals surface area (Å²) >= 11 is 0. The lowest BCUT2D eigenvalue weighted by Gasteiger charge is -2.38. The third-order valence-corrected chi connectivity index (χ3v) is 37.6. The molecule has 5 aliphatic rings. The van der Waals surface area contributed by atoms with Gasteiger partial charge in [-0.1, -0.05) is 347 Å². The highest BCUT2D eigenvalue weighted by atomic mass is 31.2. The van der Waals surface area contributed by atoms with E-state index >= 15 is 18.3 Å². The van der Waals surface area contributed by atoms with E-state index in [1.54, 1.807) is 0 Å². The third kappa shape index (κ3) is 16.0. The topological polar surface area (TPSA) is 142 Å². The van der Waals surface area contributed by atoms with E-state index in [-0.39, 0.29) is 51.8 Å². The second-order valence-corrected chi connectivity index (χ2v) is 44.2. The maximum absolute atomic E-state index is 17.6. The SMILES string of the molecule is CCCCCC1c2cc3c4c(CP(=O)(c5ccccc5)c5ccccc5)c2OCOc2c1cc1c(c2CP(=O)(c2ccccc2)c2ccccc2)OCOc2c(cc5c(c2CP(=O)(c2ccccc2)c2ccccc2)OCOc2c(cc(c(c2CP(=O)(c2ccccc2)c2ccccc2)OCO4)C3CCCCC)C5CCCCC)C1CCCCC. The Kier molecular flexibility index (Phi) is 25.2. The van der Waals surface area contributed by atoms with Crippen molar-refractivity contribution in [2.75, 3.05) is 27.2 Å². The molecule has 0 saturated carbocycles. The molecule has 12 aromatic carbocycles. The van der Waals surface area contributed by atoms with Gasteiger partial charge < -0.3 is 56.2 Å². The molecule has 616 valence electrons. The van der Waals surface area contributed by atoms with Gasteiger partial charge in [0.15, 0.2) is 0 Å². The molecule has 0 spiro atoms. The highest BCUT2D eigenvalue weighted by Crippen LogP contribution is 2.65. The number of hydrogen-bond acceptors (Lipinski definition) is 12. The van der Waals surface area contributed by atoms with Crippen molar-refractivity contribution in [3.05, 3.63) is 334 Å².